The number of carbonyl (C=O) groups is 2. The number of carbonyl (C=O) groups excluding carboxylic acids is 2. The zero-order chi connectivity index (χ0) is 59.3. The molecule has 0 aromatic rings. The molecule has 0 saturated heterocycles. The first-order valence-corrected chi connectivity index (χ1v) is 35.4. The van der Waals surface area contributed by atoms with Crippen molar-refractivity contribution in [2.75, 3.05) is 40.9 Å². The first kappa shape index (κ1) is 78.2. The second kappa shape index (κ2) is 60.3. The van der Waals surface area contributed by atoms with Gasteiger partial charge in [-0.25, -0.2) is 4.57 Å². The van der Waals surface area contributed by atoms with E-state index in [0.717, 1.165) is 83.5 Å². The van der Waals surface area contributed by atoms with Crippen molar-refractivity contribution < 1.29 is 37.3 Å². The van der Waals surface area contributed by atoms with E-state index in [-0.39, 0.29) is 31.5 Å². The summed E-state index contributed by atoms with van der Waals surface area (Å²) in [5.74, 6) is -0.537. The van der Waals surface area contributed by atoms with Gasteiger partial charge in [-0.05, 0) is 109 Å². The van der Waals surface area contributed by atoms with Crippen LogP contribution in [0, 0.1) is 0 Å². The van der Waals surface area contributed by atoms with Crippen LogP contribution in [0.4, 0.5) is 0 Å². The molecule has 0 radical (unpaired) electrons. The van der Waals surface area contributed by atoms with E-state index in [4.69, 9.17) is 13.8 Å². The van der Waals surface area contributed by atoms with Crippen molar-refractivity contribution in [1.82, 2.24) is 5.32 Å². The zero-order valence-corrected chi connectivity index (χ0v) is 54.7. The molecule has 470 valence electrons. The predicted octanol–water partition coefficient (Wildman–Crippen LogP) is 21.3. The van der Waals surface area contributed by atoms with Gasteiger partial charge < -0.3 is 19.4 Å². The maximum absolute atomic E-state index is 13.6. The molecule has 0 aliphatic carbocycles. The molecule has 0 fully saturated rings. The van der Waals surface area contributed by atoms with E-state index < -0.39 is 20.0 Å². The summed E-state index contributed by atoms with van der Waals surface area (Å²) in [5.41, 5.74) is 0. The van der Waals surface area contributed by atoms with Crippen LogP contribution in [0.1, 0.15) is 303 Å². The lowest BCUT2D eigenvalue weighted by Crippen LogP contribution is -2.47. The van der Waals surface area contributed by atoms with Crippen molar-refractivity contribution in [1.29, 1.82) is 0 Å². The Kier molecular flexibility index (Phi) is 58.2. The molecule has 0 aliphatic heterocycles. The molecule has 0 aromatic heterocycles. The number of phosphoric acid groups is 1. The lowest BCUT2D eigenvalue weighted by Gasteiger charge is -2.27. The molecular weight excluding hydrogens is 1020 g/mol. The van der Waals surface area contributed by atoms with Crippen LogP contribution in [-0.4, -0.2) is 74.3 Å². The van der Waals surface area contributed by atoms with Gasteiger partial charge in [-0.2, -0.15) is 0 Å². The van der Waals surface area contributed by atoms with Gasteiger partial charge >= 0.3 is 13.8 Å². The highest BCUT2D eigenvalue weighted by Crippen LogP contribution is 2.43. The second-order valence-corrected chi connectivity index (χ2v) is 25.4. The summed E-state index contributed by atoms with van der Waals surface area (Å²) in [6.07, 6.45) is 80.1. The van der Waals surface area contributed by atoms with Crippen molar-refractivity contribution in [2.45, 2.75) is 315 Å². The molecule has 0 bridgehead atoms. The highest BCUT2D eigenvalue weighted by Gasteiger charge is 2.30. The monoisotopic (exact) mass is 1150 g/mol. The van der Waals surface area contributed by atoms with E-state index in [1.165, 1.54) is 180 Å². The van der Waals surface area contributed by atoms with Crippen LogP contribution >= 0.6 is 7.82 Å². The van der Waals surface area contributed by atoms with Crippen LogP contribution in [0.3, 0.4) is 0 Å². The molecule has 10 heteroatoms. The summed E-state index contributed by atoms with van der Waals surface area (Å²) in [6, 6.07) is -0.866. The van der Waals surface area contributed by atoms with Crippen LogP contribution in [0.5, 0.6) is 0 Å². The number of hydrogen-bond donors (Lipinski definition) is 2. The maximum Gasteiger partial charge on any atom is 0.472 e. The molecule has 0 aliphatic rings. The Bertz CT molecular complexity index is 1660. The Balaban J connectivity index is 5.22. The van der Waals surface area contributed by atoms with Gasteiger partial charge in [0.05, 0.1) is 33.8 Å². The van der Waals surface area contributed by atoms with Crippen LogP contribution in [0.2, 0.25) is 0 Å². The van der Waals surface area contributed by atoms with E-state index in [1.54, 1.807) is 0 Å². The molecule has 0 rings (SSSR count). The predicted molar refractivity (Wildman–Crippen MR) is 351 cm³/mol. The Labute approximate surface area is 501 Å². The van der Waals surface area contributed by atoms with Crippen LogP contribution < -0.4 is 5.32 Å². The van der Waals surface area contributed by atoms with E-state index in [0.29, 0.717) is 23.9 Å². The summed E-state index contributed by atoms with van der Waals surface area (Å²) in [4.78, 5) is 37.8. The minimum atomic E-state index is -4.46. The van der Waals surface area contributed by atoms with Crippen molar-refractivity contribution in [2.24, 2.45) is 0 Å². The Morgan fingerprint density at radius 3 is 1.16 bits per heavy atom. The molecular formula is C71H130N2O7P+. The smallest absolute Gasteiger partial charge is 0.456 e. The number of rotatable bonds is 61. The van der Waals surface area contributed by atoms with Crippen molar-refractivity contribution in [3.8, 4) is 0 Å². The summed E-state index contributed by atoms with van der Waals surface area (Å²) in [5, 5.41) is 3.06. The van der Waals surface area contributed by atoms with E-state index in [2.05, 4.69) is 99.0 Å². The van der Waals surface area contributed by atoms with E-state index in [9.17, 15) is 19.0 Å². The average molecular weight is 1150 g/mol. The summed E-state index contributed by atoms with van der Waals surface area (Å²) in [7, 11) is 1.48. The fourth-order valence-corrected chi connectivity index (χ4v) is 10.3. The molecule has 3 atom stereocenters. The number of ether oxygens (including phenoxy) is 1. The minimum absolute atomic E-state index is 0.0323. The number of esters is 1. The van der Waals surface area contributed by atoms with Crippen molar-refractivity contribution in [3.05, 3.63) is 85.1 Å². The third-order valence-electron chi connectivity index (χ3n) is 14.8. The number of likely N-dealkylation sites (N-methyl/N-ethyl adjacent to an activating group) is 1. The van der Waals surface area contributed by atoms with Crippen molar-refractivity contribution >= 4 is 19.7 Å². The normalized spacial score (nSPS) is 14.1. The molecule has 9 nitrogen and oxygen atoms in total. The van der Waals surface area contributed by atoms with Gasteiger partial charge in [-0.3, -0.25) is 18.6 Å². The largest absolute Gasteiger partial charge is 0.472 e. The van der Waals surface area contributed by atoms with Gasteiger partial charge in [-0.1, -0.05) is 267 Å². The fraction of sp³-hybridized carbons (Fsp3) is 0.775. The third-order valence-corrected chi connectivity index (χ3v) is 15.8. The molecule has 2 N–H and O–H groups in total. The lowest BCUT2D eigenvalue weighted by atomic mass is 10.0. The molecule has 0 saturated carbocycles. The van der Waals surface area contributed by atoms with Gasteiger partial charge in [0.1, 0.15) is 19.3 Å². The average Bonchev–Trinajstić information content (AvgIpc) is 3.44. The first-order valence-electron chi connectivity index (χ1n) is 33.9. The number of phosphoric ester groups is 1. The zero-order valence-electron chi connectivity index (χ0n) is 53.8. The standard InChI is InChI=1S/C71H129N2O7P/c1-7-10-13-16-19-22-25-28-30-32-34-35-36-37-39-40-42-45-48-51-54-57-60-63-70(74)72-68(67-79-81(76,77)78-66-65-73(4,5)6)69(62-59-56-53-50-47-44-27-24-21-18-15-12-9-3)80-71(75)64-61-58-55-52-49-46-43-41-38-33-31-29-26-23-20-17-14-11-8-2/h19-20,22-23,28-31,38,41,46,49,59,62,68-69H,7-18,21,24-27,32-37,39-40,42-45,47-48,50-58,60-61,63-67H2,1-6H3,(H-,72,74,76,77)/p+1/b22-19-,23-20-,30-28-,31-29-,41-38-,49-46-,62-59-. The fourth-order valence-electron chi connectivity index (χ4n) is 9.54. The quantitative estimate of drug-likeness (QED) is 0.0205. The Morgan fingerprint density at radius 1 is 0.432 bits per heavy atom. The molecule has 0 aromatic carbocycles. The van der Waals surface area contributed by atoms with Crippen LogP contribution in [0.15, 0.2) is 85.1 Å². The number of nitrogens with zero attached hydrogens (tertiary/aromatic N) is 1. The number of hydrogen-bond acceptors (Lipinski definition) is 6. The topological polar surface area (TPSA) is 111 Å². The highest BCUT2D eigenvalue weighted by molar-refractivity contribution is 7.47. The Hall–Kier alpha value is -2.81. The Morgan fingerprint density at radius 2 is 0.753 bits per heavy atom. The van der Waals surface area contributed by atoms with Gasteiger partial charge in [0, 0.05) is 12.8 Å². The van der Waals surface area contributed by atoms with Crippen molar-refractivity contribution in [3.63, 3.8) is 0 Å². The van der Waals surface area contributed by atoms with Gasteiger partial charge in [0.15, 0.2) is 0 Å². The maximum atomic E-state index is 13.6. The highest BCUT2D eigenvalue weighted by atomic mass is 31.2. The summed E-state index contributed by atoms with van der Waals surface area (Å²) in [6.45, 7) is 6.96. The molecule has 3 unspecified atom stereocenters. The molecule has 0 heterocycles. The molecule has 0 spiro atoms. The lowest BCUT2D eigenvalue weighted by molar-refractivity contribution is -0.870. The summed E-state index contributed by atoms with van der Waals surface area (Å²) < 4.78 is 30.8. The number of quaternary nitrogens is 1. The van der Waals surface area contributed by atoms with Gasteiger partial charge in [-0.15, -0.1) is 0 Å². The third kappa shape index (κ3) is 61.6. The SMILES string of the molecule is CCCCC/C=C\C/C=C\C/C=C\C/C=C\CCCCCC(=O)OC(/C=C\CCCCCCCCCCCCC)C(COP(=O)(O)OCC[N+](C)(C)C)NC(=O)CCCCCCCCCCCCCCC/C=C\C/C=C\CCCCC. The van der Waals surface area contributed by atoms with E-state index in [1.807, 2.05) is 33.3 Å². The first-order chi connectivity index (χ1) is 39.4. The number of amides is 1. The van der Waals surface area contributed by atoms with Crippen LogP contribution in [0.25, 0.3) is 0 Å². The number of unbranched alkanes of at least 4 members (excludes halogenated alkanes) is 33. The molecule has 1 amide bonds. The van der Waals surface area contributed by atoms with Crippen LogP contribution in [-0.2, 0) is 27.9 Å². The molecule has 81 heavy (non-hydrogen) atoms. The van der Waals surface area contributed by atoms with E-state index >= 15 is 0 Å². The minimum Gasteiger partial charge on any atom is -0.456 e. The second-order valence-electron chi connectivity index (χ2n) is 24.0. The number of allylic oxidation sites excluding steroid dienone is 13. The summed E-state index contributed by atoms with van der Waals surface area (Å²) >= 11 is 0. The van der Waals surface area contributed by atoms with Gasteiger partial charge in [0.25, 0.3) is 0 Å². The van der Waals surface area contributed by atoms with Gasteiger partial charge in [0.2, 0.25) is 5.91 Å². The number of nitrogens with one attached hydrogen (secondary N) is 1.